The average molecular weight is 274 g/mol. The van der Waals surface area contributed by atoms with Gasteiger partial charge in [-0.1, -0.05) is 18.2 Å². The van der Waals surface area contributed by atoms with E-state index in [1.54, 1.807) is 0 Å². The number of fused-ring (bicyclic) bond motifs is 3. The number of rotatable bonds is 2. The number of nitrogens with two attached hydrogens (primary N) is 1. The highest BCUT2D eigenvalue weighted by atomic mass is 32.1. The van der Waals surface area contributed by atoms with Crippen LogP contribution in [0, 0.1) is 0 Å². The zero-order chi connectivity index (χ0) is 13.4. The average Bonchev–Trinajstić information content (AvgIpc) is 2.81. The summed E-state index contributed by atoms with van der Waals surface area (Å²) in [6, 6.07) is 7.69. The van der Waals surface area contributed by atoms with Crippen LogP contribution in [0.5, 0.6) is 0 Å². The van der Waals surface area contributed by atoms with Crippen molar-refractivity contribution in [2.45, 2.75) is 6.54 Å². The molecule has 1 amide bonds. The molecule has 0 atom stereocenters. The monoisotopic (exact) mass is 274 g/mol. The van der Waals surface area contributed by atoms with E-state index < -0.39 is 5.91 Å². The molecule has 0 saturated carbocycles. The van der Waals surface area contributed by atoms with Crippen LogP contribution < -0.4 is 16.8 Å². The molecule has 0 bridgehead atoms. The van der Waals surface area contributed by atoms with Gasteiger partial charge in [0.1, 0.15) is 11.2 Å². The lowest BCUT2D eigenvalue weighted by Gasteiger charge is -2.03. The van der Waals surface area contributed by atoms with Crippen LogP contribution in [0.2, 0.25) is 0 Å². The molecule has 96 valence electrons. The molecule has 0 aliphatic rings. The first-order chi connectivity index (χ1) is 9.20. The van der Waals surface area contributed by atoms with Crippen molar-refractivity contribution in [3.05, 3.63) is 40.9 Å². The van der Waals surface area contributed by atoms with Crippen LogP contribution in [0.4, 0.5) is 0 Å². The number of hydrogen-bond acceptors (Lipinski definition) is 5. The summed E-state index contributed by atoms with van der Waals surface area (Å²) in [5.41, 5.74) is 2.44. The quantitative estimate of drug-likeness (QED) is 0.407. The molecule has 0 aliphatic carbocycles. The number of amides is 1. The van der Waals surface area contributed by atoms with Crippen LogP contribution >= 0.6 is 11.3 Å². The Balaban J connectivity index is 2.25. The molecule has 7 heteroatoms. The lowest BCUT2D eigenvalue weighted by atomic mass is 10.2. The Morgan fingerprint density at radius 3 is 3.00 bits per heavy atom. The predicted molar refractivity (Wildman–Crippen MR) is 73.7 cm³/mol. The minimum atomic E-state index is -0.440. The van der Waals surface area contributed by atoms with Gasteiger partial charge in [-0.3, -0.25) is 19.6 Å². The second-order valence-electron chi connectivity index (χ2n) is 4.02. The lowest BCUT2D eigenvalue weighted by molar-refractivity contribution is -0.121. The fourth-order valence-electron chi connectivity index (χ4n) is 1.93. The van der Waals surface area contributed by atoms with Crippen LogP contribution in [0.3, 0.4) is 0 Å². The maximum atomic E-state index is 12.3. The molecule has 19 heavy (non-hydrogen) atoms. The summed E-state index contributed by atoms with van der Waals surface area (Å²) in [4.78, 5) is 27.8. The van der Waals surface area contributed by atoms with Gasteiger partial charge in [0.05, 0.1) is 11.8 Å². The van der Waals surface area contributed by atoms with E-state index in [0.29, 0.717) is 10.2 Å². The molecule has 2 heterocycles. The fourth-order valence-corrected chi connectivity index (χ4v) is 3.03. The van der Waals surface area contributed by atoms with E-state index >= 15 is 0 Å². The Kier molecular flexibility index (Phi) is 2.77. The topological polar surface area (TPSA) is 90.0 Å². The van der Waals surface area contributed by atoms with Crippen LogP contribution in [0.1, 0.15) is 0 Å². The number of thiophene rings is 1. The fraction of sp³-hybridized carbons (Fsp3) is 0.0833. The highest BCUT2D eigenvalue weighted by Gasteiger charge is 2.12. The molecular formula is C12H10N4O2S. The van der Waals surface area contributed by atoms with Crippen molar-refractivity contribution in [3.8, 4) is 0 Å². The van der Waals surface area contributed by atoms with Crippen molar-refractivity contribution >= 4 is 37.5 Å². The zero-order valence-corrected chi connectivity index (χ0v) is 10.6. The molecule has 1 aromatic carbocycles. The zero-order valence-electron chi connectivity index (χ0n) is 9.79. The third kappa shape index (κ3) is 1.88. The van der Waals surface area contributed by atoms with Gasteiger partial charge < -0.3 is 0 Å². The molecule has 0 unspecified atom stereocenters. The van der Waals surface area contributed by atoms with Gasteiger partial charge in [-0.25, -0.2) is 10.8 Å². The molecular weight excluding hydrogens is 264 g/mol. The van der Waals surface area contributed by atoms with E-state index in [1.807, 2.05) is 29.7 Å². The summed E-state index contributed by atoms with van der Waals surface area (Å²) in [7, 11) is 0. The van der Waals surface area contributed by atoms with Gasteiger partial charge in [-0.15, -0.1) is 11.3 Å². The summed E-state index contributed by atoms with van der Waals surface area (Å²) in [6.07, 6.45) is 1.37. The molecule has 3 aromatic rings. The van der Waals surface area contributed by atoms with Gasteiger partial charge >= 0.3 is 0 Å². The Morgan fingerprint density at radius 2 is 2.21 bits per heavy atom. The van der Waals surface area contributed by atoms with Crippen LogP contribution in [0.15, 0.2) is 35.4 Å². The maximum Gasteiger partial charge on any atom is 0.271 e. The molecule has 0 saturated heterocycles. The standard InChI is InChI=1S/C12H10N4O2S/c13-15-9(17)5-16-6-14-10-7-3-1-2-4-8(7)19-11(10)12(16)18/h1-4,6H,5,13H2,(H,15,17). The predicted octanol–water partition coefficient (Wildman–Crippen LogP) is 0.601. The van der Waals surface area contributed by atoms with Crippen LogP contribution in [-0.2, 0) is 11.3 Å². The molecule has 3 N–H and O–H groups in total. The first-order valence-corrected chi connectivity index (χ1v) is 6.38. The number of carbonyl (C=O) groups is 1. The van der Waals surface area contributed by atoms with Gasteiger partial charge in [0.2, 0.25) is 0 Å². The molecule has 0 fully saturated rings. The van der Waals surface area contributed by atoms with Crippen molar-refractivity contribution in [3.63, 3.8) is 0 Å². The Bertz CT molecular complexity index is 836. The van der Waals surface area contributed by atoms with E-state index in [0.717, 1.165) is 10.1 Å². The minimum absolute atomic E-state index is 0.132. The largest absolute Gasteiger partial charge is 0.293 e. The number of benzene rings is 1. The lowest BCUT2D eigenvalue weighted by Crippen LogP contribution is -2.36. The molecule has 0 radical (unpaired) electrons. The summed E-state index contributed by atoms with van der Waals surface area (Å²) in [5, 5.41) is 0.954. The van der Waals surface area contributed by atoms with Crippen molar-refractivity contribution in [1.82, 2.24) is 15.0 Å². The number of hydrazine groups is 1. The highest BCUT2D eigenvalue weighted by Crippen LogP contribution is 2.29. The van der Waals surface area contributed by atoms with E-state index in [9.17, 15) is 9.59 Å². The van der Waals surface area contributed by atoms with Gasteiger partial charge in [-0.2, -0.15) is 0 Å². The van der Waals surface area contributed by atoms with E-state index in [2.05, 4.69) is 4.98 Å². The molecule has 0 spiro atoms. The van der Waals surface area contributed by atoms with Crippen LogP contribution in [-0.4, -0.2) is 15.5 Å². The number of nitrogens with zero attached hydrogens (tertiary/aromatic N) is 2. The van der Waals surface area contributed by atoms with E-state index in [4.69, 9.17) is 5.84 Å². The van der Waals surface area contributed by atoms with Crippen molar-refractivity contribution < 1.29 is 4.79 Å². The van der Waals surface area contributed by atoms with Crippen molar-refractivity contribution in [2.75, 3.05) is 0 Å². The smallest absolute Gasteiger partial charge is 0.271 e. The third-order valence-corrected chi connectivity index (χ3v) is 3.97. The number of hydrogen-bond donors (Lipinski definition) is 2. The molecule has 6 nitrogen and oxygen atoms in total. The second-order valence-corrected chi connectivity index (χ2v) is 5.07. The third-order valence-electron chi connectivity index (χ3n) is 2.83. The van der Waals surface area contributed by atoms with E-state index in [-0.39, 0.29) is 12.1 Å². The number of carbonyl (C=O) groups excluding carboxylic acids is 1. The Morgan fingerprint density at radius 1 is 1.42 bits per heavy atom. The highest BCUT2D eigenvalue weighted by molar-refractivity contribution is 7.25. The first kappa shape index (κ1) is 11.8. The van der Waals surface area contributed by atoms with Gasteiger partial charge in [0, 0.05) is 10.1 Å². The summed E-state index contributed by atoms with van der Waals surface area (Å²) >= 11 is 1.38. The summed E-state index contributed by atoms with van der Waals surface area (Å²) in [6.45, 7) is -0.132. The van der Waals surface area contributed by atoms with E-state index in [1.165, 1.54) is 22.2 Å². The van der Waals surface area contributed by atoms with Gasteiger partial charge in [0.15, 0.2) is 0 Å². The maximum absolute atomic E-state index is 12.3. The van der Waals surface area contributed by atoms with Crippen molar-refractivity contribution in [1.29, 1.82) is 0 Å². The number of aromatic nitrogens is 2. The van der Waals surface area contributed by atoms with Gasteiger partial charge in [0.25, 0.3) is 11.5 Å². The molecule has 2 aromatic heterocycles. The number of nitrogens with one attached hydrogen (secondary N) is 1. The molecule has 0 aliphatic heterocycles. The Hall–Kier alpha value is -2.25. The van der Waals surface area contributed by atoms with Gasteiger partial charge in [-0.05, 0) is 6.07 Å². The SMILES string of the molecule is NNC(=O)Cn1cnc2c(sc3ccccc32)c1=O. The second kappa shape index (κ2) is 4.45. The normalized spacial score (nSPS) is 11.0. The summed E-state index contributed by atoms with van der Waals surface area (Å²) < 4.78 is 2.80. The first-order valence-electron chi connectivity index (χ1n) is 5.57. The van der Waals surface area contributed by atoms with Crippen molar-refractivity contribution in [2.24, 2.45) is 5.84 Å². The molecule has 3 rings (SSSR count). The Labute approximate surface area is 111 Å². The van der Waals surface area contributed by atoms with Crippen LogP contribution in [0.25, 0.3) is 20.3 Å². The minimum Gasteiger partial charge on any atom is -0.293 e. The summed E-state index contributed by atoms with van der Waals surface area (Å²) in [5.74, 6) is 4.57.